The van der Waals surface area contributed by atoms with Gasteiger partial charge in [0, 0.05) is 16.9 Å². The van der Waals surface area contributed by atoms with Crippen molar-refractivity contribution in [1.82, 2.24) is 0 Å². The highest BCUT2D eigenvalue weighted by Gasteiger charge is 2.23. The third-order valence-electron chi connectivity index (χ3n) is 3.84. The Kier molecular flexibility index (Phi) is 4.02. The molecule has 0 bridgehead atoms. The van der Waals surface area contributed by atoms with Crippen molar-refractivity contribution in [3.8, 4) is 0 Å². The minimum Gasteiger partial charge on any atom is -0.447 e. The first-order chi connectivity index (χ1) is 11.0. The van der Waals surface area contributed by atoms with E-state index in [9.17, 15) is 9.59 Å². The van der Waals surface area contributed by atoms with Gasteiger partial charge in [-0.05, 0) is 55.3 Å². The molecule has 0 aromatic heterocycles. The van der Waals surface area contributed by atoms with Gasteiger partial charge in [0.25, 0.3) is 5.91 Å². The van der Waals surface area contributed by atoms with Gasteiger partial charge in [-0.25, -0.2) is 4.79 Å². The summed E-state index contributed by atoms with van der Waals surface area (Å²) in [5.74, 6) is -0.172. The maximum absolute atomic E-state index is 12.4. The van der Waals surface area contributed by atoms with Crippen molar-refractivity contribution >= 4 is 23.4 Å². The maximum Gasteiger partial charge on any atom is 0.414 e. The number of nitrogens with zero attached hydrogens (tertiary/aromatic N) is 1. The Morgan fingerprint density at radius 1 is 1.13 bits per heavy atom. The number of hydrogen-bond acceptors (Lipinski definition) is 3. The Morgan fingerprint density at radius 3 is 2.52 bits per heavy atom. The van der Waals surface area contributed by atoms with E-state index in [1.165, 1.54) is 0 Å². The number of hydrogen-bond donors (Lipinski definition) is 1. The molecule has 1 saturated heterocycles. The van der Waals surface area contributed by atoms with E-state index in [0.717, 1.165) is 22.5 Å². The lowest BCUT2D eigenvalue weighted by Crippen LogP contribution is -2.23. The minimum absolute atomic E-state index is 0.172. The van der Waals surface area contributed by atoms with E-state index >= 15 is 0 Å². The Balaban J connectivity index is 1.75. The monoisotopic (exact) mass is 310 g/mol. The van der Waals surface area contributed by atoms with Gasteiger partial charge in [-0.2, -0.15) is 0 Å². The van der Waals surface area contributed by atoms with Gasteiger partial charge in [0.2, 0.25) is 0 Å². The number of amides is 2. The van der Waals surface area contributed by atoms with E-state index in [1.54, 1.807) is 29.2 Å². The van der Waals surface area contributed by atoms with Crippen molar-refractivity contribution in [3.63, 3.8) is 0 Å². The first-order valence-corrected chi connectivity index (χ1v) is 7.47. The molecule has 2 aromatic carbocycles. The molecule has 3 rings (SSSR count). The Bertz CT molecular complexity index is 753. The van der Waals surface area contributed by atoms with E-state index < -0.39 is 0 Å². The quantitative estimate of drug-likeness (QED) is 0.943. The van der Waals surface area contributed by atoms with Crippen LogP contribution in [0.2, 0.25) is 0 Å². The zero-order valence-electron chi connectivity index (χ0n) is 13.1. The highest BCUT2D eigenvalue weighted by atomic mass is 16.6. The molecule has 2 amide bonds. The number of carbonyl (C=O) groups is 2. The topological polar surface area (TPSA) is 58.6 Å². The summed E-state index contributed by atoms with van der Waals surface area (Å²) in [7, 11) is 0. The molecule has 0 saturated carbocycles. The second-order valence-electron chi connectivity index (χ2n) is 5.59. The van der Waals surface area contributed by atoms with Gasteiger partial charge in [-0.15, -0.1) is 0 Å². The standard InChI is InChI=1S/C18H18N2O3/c1-12-3-4-13(2)16(11-12)19-17(21)14-5-7-15(8-6-14)20-9-10-23-18(20)22/h3-8,11H,9-10H2,1-2H3,(H,19,21). The Labute approximate surface area is 134 Å². The molecule has 23 heavy (non-hydrogen) atoms. The van der Waals surface area contributed by atoms with Crippen molar-refractivity contribution in [3.05, 3.63) is 59.2 Å². The molecule has 118 valence electrons. The van der Waals surface area contributed by atoms with Gasteiger partial charge in [-0.1, -0.05) is 12.1 Å². The van der Waals surface area contributed by atoms with Gasteiger partial charge in [0.15, 0.2) is 0 Å². The molecule has 0 radical (unpaired) electrons. The molecule has 1 N–H and O–H groups in total. The molecule has 1 aliphatic heterocycles. The summed E-state index contributed by atoms with van der Waals surface area (Å²) in [6, 6.07) is 12.9. The van der Waals surface area contributed by atoms with E-state index in [-0.39, 0.29) is 12.0 Å². The lowest BCUT2D eigenvalue weighted by atomic mass is 10.1. The number of nitrogens with one attached hydrogen (secondary N) is 1. The van der Waals surface area contributed by atoms with Crippen LogP contribution in [-0.4, -0.2) is 25.2 Å². The van der Waals surface area contributed by atoms with Crippen molar-refractivity contribution in [2.75, 3.05) is 23.4 Å². The van der Waals surface area contributed by atoms with Gasteiger partial charge in [-0.3, -0.25) is 9.69 Å². The number of aryl methyl sites for hydroxylation is 2. The minimum atomic E-state index is -0.349. The molecule has 0 spiro atoms. The number of cyclic esters (lactones) is 1. The fourth-order valence-electron chi connectivity index (χ4n) is 2.49. The third-order valence-corrected chi connectivity index (χ3v) is 3.84. The largest absolute Gasteiger partial charge is 0.447 e. The summed E-state index contributed by atoms with van der Waals surface area (Å²) >= 11 is 0. The smallest absolute Gasteiger partial charge is 0.414 e. The number of anilines is 2. The van der Waals surface area contributed by atoms with E-state index in [0.29, 0.717) is 18.7 Å². The molecule has 0 aliphatic carbocycles. The van der Waals surface area contributed by atoms with Crippen molar-refractivity contribution < 1.29 is 14.3 Å². The van der Waals surface area contributed by atoms with Gasteiger partial charge >= 0.3 is 6.09 Å². The Morgan fingerprint density at radius 2 is 1.87 bits per heavy atom. The lowest BCUT2D eigenvalue weighted by molar-refractivity contribution is 0.102. The second-order valence-corrected chi connectivity index (χ2v) is 5.59. The van der Waals surface area contributed by atoms with Crippen LogP contribution in [0, 0.1) is 13.8 Å². The summed E-state index contributed by atoms with van der Waals surface area (Å²) < 4.78 is 4.91. The number of carbonyl (C=O) groups excluding carboxylic acids is 2. The zero-order valence-corrected chi connectivity index (χ0v) is 13.1. The van der Waals surface area contributed by atoms with E-state index in [1.807, 2.05) is 32.0 Å². The highest BCUT2D eigenvalue weighted by molar-refractivity contribution is 6.05. The highest BCUT2D eigenvalue weighted by Crippen LogP contribution is 2.21. The number of benzene rings is 2. The first kappa shape index (κ1) is 15.1. The predicted molar refractivity (Wildman–Crippen MR) is 89.0 cm³/mol. The maximum atomic E-state index is 12.4. The van der Waals surface area contributed by atoms with Crippen LogP contribution in [0.4, 0.5) is 16.2 Å². The van der Waals surface area contributed by atoms with Crippen LogP contribution in [0.25, 0.3) is 0 Å². The molecule has 1 fully saturated rings. The molecule has 1 heterocycles. The van der Waals surface area contributed by atoms with E-state index in [4.69, 9.17) is 4.74 Å². The van der Waals surface area contributed by atoms with Gasteiger partial charge in [0.05, 0.1) is 6.54 Å². The Hall–Kier alpha value is -2.82. The SMILES string of the molecule is Cc1ccc(C)c(NC(=O)c2ccc(N3CCOC3=O)cc2)c1. The van der Waals surface area contributed by atoms with Crippen LogP contribution in [-0.2, 0) is 4.74 Å². The van der Waals surface area contributed by atoms with Crippen molar-refractivity contribution in [1.29, 1.82) is 0 Å². The summed E-state index contributed by atoms with van der Waals surface area (Å²) in [5, 5.41) is 2.92. The van der Waals surface area contributed by atoms with Gasteiger partial charge < -0.3 is 10.1 Å². The molecule has 1 aliphatic rings. The first-order valence-electron chi connectivity index (χ1n) is 7.47. The fourth-order valence-corrected chi connectivity index (χ4v) is 2.49. The van der Waals surface area contributed by atoms with Gasteiger partial charge in [0.1, 0.15) is 6.61 Å². The van der Waals surface area contributed by atoms with Crippen LogP contribution >= 0.6 is 0 Å². The molecular weight excluding hydrogens is 292 g/mol. The average molecular weight is 310 g/mol. The number of ether oxygens (including phenoxy) is 1. The third kappa shape index (κ3) is 3.18. The molecule has 0 unspecified atom stereocenters. The van der Waals surface area contributed by atoms with E-state index in [2.05, 4.69) is 5.32 Å². The summed E-state index contributed by atoms with van der Waals surface area (Å²) in [6.45, 7) is 4.87. The molecule has 2 aromatic rings. The zero-order chi connectivity index (χ0) is 16.4. The van der Waals surface area contributed by atoms with Crippen LogP contribution in [0.3, 0.4) is 0 Å². The molecule has 0 atom stereocenters. The summed E-state index contributed by atoms with van der Waals surface area (Å²) in [4.78, 5) is 25.4. The molecule has 5 nitrogen and oxygen atoms in total. The fraction of sp³-hybridized carbons (Fsp3) is 0.222. The number of rotatable bonds is 3. The van der Waals surface area contributed by atoms with Crippen LogP contribution in [0.15, 0.2) is 42.5 Å². The predicted octanol–water partition coefficient (Wildman–Crippen LogP) is 3.51. The van der Waals surface area contributed by atoms with Crippen molar-refractivity contribution in [2.45, 2.75) is 13.8 Å². The van der Waals surface area contributed by atoms with Crippen LogP contribution < -0.4 is 10.2 Å². The molecule has 5 heteroatoms. The van der Waals surface area contributed by atoms with Crippen LogP contribution in [0.1, 0.15) is 21.5 Å². The van der Waals surface area contributed by atoms with Crippen molar-refractivity contribution in [2.24, 2.45) is 0 Å². The summed E-state index contributed by atoms with van der Waals surface area (Å²) in [5.41, 5.74) is 4.19. The lowest BCUT2D eigenvalue weighted by Gasteiger charge is -2.13. The normalized spacial score (nSPS) is 13.8. The van der Waals surface area contributed by atoms with Crippen LogP contribution in [0.5, 0.6) is 0 Å². The molecular formula is C18H18N2O3. The summed E-state index contributed by atoms with van der Waals surface area (Å²) in [6.07, 6.45) is -0.349. The second kappa shape index (κ2) is 6.12. The average Bonchev–Trinajstić information content (AvgIpc) is 2.97.